The summed E-state index contributed by atoms with van der Waals surface area (Å²) in [7, 11) is 0. The number of carboxylic acid groups (broad SMARTS) is 1. The minimum atomic E-state index is -2.81. The summed E-state index contributed by atoms with van der Waals surface area (Å²) in [4.78, 5) is 22.5. The summed E-state index contributed by atoms with van der Waals surface area (Å²) in [6.45, 7) is 3.31. The lowest BCUT2D eigenvalue weighted by Crippen LogP contribution is -2.36. The van der Waals surface area contributed by atoms with Gasteiger partial charge in [0.25, 0.3) is 5.92 Å². The Morgan fingerprint density at radius 2 is 2.18 bits per heavy atom. The van der Waals surface area contributed by atoms with Gasteiger partial charge in [-0.3, -0.25) is 14.7 Å². The predicted octanol–water partition coefficient (Wildman–Crippen LogP) is 4.89. The molecule has 1 saturated heterocycles. The van der Waals surface area contributed by atoms with Crippen LogP contribution in [-0.2, 0) is 24.1 Å². The van der Waals surface area contributed by atoms with Crippen LogP contribution in [0.15, 0.2) is 30.6 Å². The van der Waals surface area contributed by atoms with E-state index in [1.807, 2.05) is 13.0 Å². The van der Waals surface area contributed by atoms with E-state index in [0.29, 0.717) is 44.2 Å². The minimum Gasteiger partial charge on any atom is -0.480 e. The summed E-state index contributed by atoms with van der Waals surface area (Å²) in [5.41, 5.74) is 3.66. The van der Waals surface area contributed by atoms with E-state index in [1.165, 1.54) is 5.56 Å². The number of carboxylic acids is 1. The van der Waals surface area contributed by atoms with E-state index in [-0.39, 0.29) is 13.0 Å². The number of likely N-dealkylation sites (tertiary alicyclic amines) is 1. The number of aromatic nitrogens is 2. The molecule has 2 N–H and O–H groups in total. The van der Waals surface area contributed by atoms with Gasteiger partial charge < -0.3 is 10.4 Å². The molecule has 0 radical (unpaired) electrons. The van der Waals surface area contributed by atoms with E-state index >= 15 is 8.78 Å². The molecule has 1 fully saturated rings. The van der Waals surface area contributed by atoms with Crippen LogP contribution in [-0.4, -0.2) is 51.5 Å². The standard InChI is InChI=1S/C26H34F2N4O2/c1-2-18-10-14-29-16-22(18)23(25(33)34)32-15-11-20(17-32)26(27,28)12-4-3-7-21-9-8-19-6-5-13-30-24(19)31-21/h8-10,14,16,20,23H,2-7,11-13,15,17H2,1H3,(H,30,31)(H,33,34)/t20-,23?/m1/s1. The van der Waals surface area contributed by atoms with Gasteiger partial charge in [-0.05, 0) is 74.8 Å². The van der Waals surface area contributed by atoms with Crippen molar-refractivity contribution < 1.29 is 18.7 Å². The van der Waals surface area contributed by atoms with Crippen molar-refractivity contribution >= 4 is 11.8 Å². The molecule has 6 nitrogen and oxygen atoms in total. The Hall–Kier alpha value is -2.61. The highest BCUT2D eigenvalue weighted by Gasteiger charge is 2.45. The van der Waals surface area contributed by atoms with Crippen LogP contribution >= 0.6 is 0 Å². The SMILES string of the molecule is CCc1ccncc1C(C(=O)O)N1CC[C@@H](C(F)(F)CCCCc2ccc3c(n2)NCCC3)C1. The monoisotopic (exact) mass is 472 g/mol. The molecule has 2 aliphatic heterocycles. The Labute approximate surface area is 199 Å². The van der Waals surface area contributed by atoms with Crippen LogP contribution in [0.5, 0.6) is 0 Å². The average molecular weight is 473 g/mol. The molecule has 0 spiro atoms. The molecule has 2 atom stereocenters. The third-order valence-electron chi connectivity index (χ3n) is 7.18. The van der Waals surface area contributed by atoms with Crippen molar-refractivity contribution in [1.29, 1.82) is 0 Å². The summed E-state index contributed by atoms with van der Waals surface area (Å²) in [6, 6.07) is 4.97. The van der Waals surface area contributed by atoms with E-state index in [2.05, 4.69) is 21.4 Å². The van der Waals surface area contributed by atoms with Gasteiger partial charge in [0.2, 0.25) is 0 Å². The van der Waals surface area contributed by atoms with E-state index in [9.17, 15) is 9.90 Å². The molecule has 184 valence electrons. The van der Waals surface area contributed by atoms with Crippen molar-refractivity contribution in [2.75, 3.05) is 25.0 Å². The highest BCUT2D eigenvalue weighted by atomic mass is 19.3. The van der Waals surface area contributed by atoms with Crippen LogP contribution in [0.3, 0.4) is 0 Å². The first kappa shape index (κ1) is 24.5. The van der Waals surface area contributed by atoms with Gasteiger partial charge in [-0.2, -0.15) is 0 Å². The van der Waals surface area contributed by atoms with Crippen LogP contribution in [0.2, 0.25) is 0 Å². The second-order valence-electron chi connectivity index (χ2n) is 9.46. The number of carbonyl (C=O) groups is 1. The zero-order valence-corrected chi connectivity index (χ0v) is 19.8. The summed E-state index contributed by atoms with van der Waals surface area (Å²) in [5, 5.41) is 13.2. The molecule has 1 unspecified atom stereocenters. The summed E-state index contributed by atoms with van der Waals surface area (Å²) in [5.74, 6) is -3.72. The van der Waals surface area contributed by atoms with Crippen molar-refractivity contribution in [3.8, 4) is 0 Å². The predicted molar refractivity (Wildman–Crippen MR) is 127 cm³/mol. The maximum Gasteiger partial charge on any atom is 0.325 e. The summed E-state index contributed by atoms with van der Waals surface area (Å²) in [6.07, 6.45) is 7.89. The van der Waals surface area contributed by atoms with E-state index in [0.717, 1.165) is 36.5 Å². The third kappa shape index (κ3) is 5.54. The first-order valence-electron chi connectivity index (χ1n) is 12.4. The highest BCUT2D eigenvalue weighted by Crippen LogP contribution is 2.39. The molecule has 0 aliphatic carbocycles. The second-order valence-corrected chi connectivity index (χ2v) is 9.46. The molecule has 0 aromatic carbocycles. The van der Waals surface area contributed by atoms with Crippen molar-refractivity contribution in [3.63, 3.8) is 0 Å². The van der Waals surface area contributed by atoms with Crippen LogP contribution in [0.1, 0.15) is 67.5 Å². The zero-order valence-electron chi connectivity index (χ0n) is 19.8. The van der Waals surface area contributed by atoms with Gasteiger partial charge in [-0.25, -0.2) is 13.8 Å². The number of nitrogens with one attached hydrogen (secondary N) is 1. The Morgan fingerprint density at radius 1 is 1.32 bits per heavy atom. The largest absolute Gasteiger partial charge is 0.480 e. The molecule has 2 aromatic rings. The van der Waals surface area contributed by atoms with Gasteiger partial charge in [0.15, 0.2) is 0 Å². The van der Waals surface area contributed by atoms with Gasteiger partial charge in [0, 0.05) is 49.1 Å². The molecule has 34 heavy (non-hydrogen) atoms. The Morgan fingerprint density at radius 3 is 2.97 bits per heavy atom. The van der Waals surface area contributed by atoms with Gasteiger partial charge in [-0.15, -0.1) is 0 Å². The number of aliphatic carboxylic acids is 1. The molecule has 0 bridgehead atoms. The number of hydrogen-bond donors (Lipinski definition) is 2. The lowest BCUT2D eigenvalue weighted by molar-refractivity contribution is -0.143. The number of hydrogen-bond acceptors (Lipinski definition) is 5. The number of unbranched alkanes of at least 4 members (excludes halogenated alkanes) is 1. The first-order valence-corrected chi connectivity index (χ1v) is 12.4. The fraction of sp³-hybridized carbons (Fsp3) is 0.577. The number of rotatable bonds is 10. The fourth-order valence-electron chi connectivity index (χ4n) is 5.24. The van der Waals surface area contributed by atoms with Crippen LogP contribution in [0.4, 0.5) is 14.6 Å². The van der Waals surface area contributed by atoms with Gasteiger partial charge in [0.05, 0.1) is 0 Å². The van der Waals surface area contributed by atoms with Crippen molar-refractivity contribution in [2.24, 2.45) is 5.92 Å². The average Bonchev–Trinajstić information content (AvgIpc) is 3.33. The van der Waals surface area contributed by atoms with Gasteiger partial charge in [0.1, 0.15) is 11.9 Å². The van der Waals surface area contributed by atoms with Gasteiger partial charge >= 0.3 is 5.97 Å². The number of halogens is 2. The third-order valence-corrected chi connectivity index (χ3v) is 7.18. The molecule has 0 amide bonds. The molecule has 4 heterocycles. The highest BCUT2D eigenvalue weighted by molar-refractivity contribution is 5.76. The normalized spacial score (nSPS) is 19.4. The Bertz CT molecular complexity index is 1000. The topological polar surface area (TPSA) is 78.3 Å². The van der Waals surface area contributed by atoms with Crippen LogP contribution in [0.25, 0.3) is 0 Å². The Balaban J connectivity index is 1.31. The number of anilines is 1. The summed E-state index contributed by atoms with van der Waals surface area (Å²) < 4.78 is 30.1. The van der Waals surface area contributed by atoms with E-state index < -0.39 is 23.9 Å². The summed E-state index contributed by atoms with van der Waals surface area (Å²) >= 11 is 0. The van der Waals surface area contributed by atoms with E-state index in [1.54, 1.807) is 23.4 Å². The van der Waals surface area contributed by atoms with Crippen LogP contribution in [0, 0.1) is 5.92 Å². The lowest BCUT2D eigenvalue weighted by Gasteiger charge is -2.28. The lowest BCUT2D eigenvalue weighted by atomic mass is 9.94. The smallest absolute Gasteiger partial charge is 0.325 e. The minimum absolute atomic E-state index is 0.0834. The first-order chi connectivity index (χ1) is 16.4. The molecular weight excluding hydrogens is 438 g/mol. The second kappa shape index (κ2) is 10.8. The van der Waals surface area contributed by atoms with Crippen LogP contribution < -0.4 is 5.32 Å². The number of aryl methyl sites for hydroxylation is 3. The number of alkyl halides is 2. The molecule has 8 heteroatoms. The molecular formula is C26H34F2N4O2. The molecule has 0 saturated carbocycles. The van der Waals surface area contributed by atoms with Crippen molar-refractivity contribution in [3.05, 3.63) is 53.0 Å². The van der Waals surface area contributed by atoms with Gasteiger partial charge in [-0.1, -0.05) is 13.0 Å². The number of pyridine rings is 2. The molecule has 4 rings (SSSR count). The number of nitrogens with zero attached hydrogens (tertiary/aromatic N) is 3. The van der Waals surface area contributed by atoms with Crippen molar-refractivity contribution in [2.45, 2.75) is 70.3 Å². The molecule has 2 aliphatic rings. The maximum atomic E-state index is 15.1. The van der Waals surface area contributed by atoms with E-state index in [4.69, 9.17) is 0 Å². The maximum absolute atomic E-state index is 15.1. The van der Waals surface area contributed by atoms with Crippen molar-refractivity contribution in [1.82, 2.24) is 14.9 Å². The fourth-order valence-corrected chi connectivity index (χ4v) is 5.24. The molecule has 2 aromatic heterocycles. The number of fused-ring (bicyclic) bond motifs is 1. The quantitative estimate of drug-likeness (QED) is 0.479. The zero-order chi connectivity index (χ0) is 24.1. The Kier molecular flexibility index (Phi) is 7.76.